The van der Waals surface area contributed by atoms with Crippen LogP contribution in [0.3, 0.4) is 0 Å². The molecular weight excluding hydrogens is 469 g/mol. The van der Waals surface area contributed by atoms with Crippen LogP contribution >= 0.6 is 7.14 Å². The smallest absolute Gasteiger partial charge is 0.250 e. The van der Waals surface area contributed by atoms with Gasteiger partial charge in [-0.3, -0.25) is 4.57 Å². The summed E-state index contributed by atoms with van der Waals surface area (Å²) in [4.78, 5) is 13.0. The first-order valence-electron chi connectivity index (χ1n) is 10.5. The van der Waals surface area contributed by atoms with Gasteiger partial charge in [0.1, 0.15) is 13.5 Å². The van der Waals surface area contributed by atoms with Gasteiger partial charge in [0.15, 0.2) is 17.0 Å². The topological polar surface area (TPSA) is 107 Å². The van der Waals surface area contributed by atoms with Crippen molar-refractivity contribution in [3.8, 4) is 0 Å². The lowest BCUT2D eigenvalue weighted by Gasteiger charge is -2.10. The van der Waals surface area contributed by atoms with Gasteiger partial charge in [0.05, 0.1) is 0 Å². The molecule has 0 aliphatic carbocycles. The number of benzene rings is 2. The molecule has 0 aliphatic heterocycles. The molecule has 4 rings (SSSR count). The molecule has 2 heterocycles. The van der Waals surface area contributed by atoms with Crippen molar-refractivity contribution in [3.63, 3.8) is 0 Å². The molecule has 1 N–H and O–H groups in total. The molecule has 0 spiro atoms. The Hall–Kier alpha value is -3.29. The Morgan fingerprint density at radius 1 is 1.00 bits per heavy atom. The van der Waals surface area contributed by atoms with E-state index in [0.717, 1.165) is 28.3 Å². The Kier molecular flexibility index (Phi) is 6.18. The Morgan fingerprint density at radius 3 is 2.24 bits per heavy atom. The van der Waals surface area contributed by atoms with Crippen LogP contribution in [0, 0.1) is 13.8 Å². The highest BCUT2D eigenvalue weighted by Crippen LogP contribution is 2.35. The molecule has 0 radical (unpaired) electrons. The first kappa shape index (κ1) is 23.9. The lowest BCUT2D eigenvalue weighted by Crippen LogP contribution is -2.08. The number of aryl methyl sites for hydroxylation is 2. The Morgan fingerprint density at radius 2 is 1.65 bits per heavy atom. The zero-order valence-corrected chi connectivity index (χ0v) is 21.4. The molecule has 0 unspecified atom stereocenters. The number of nitrogens with zero attached hydrogens (tertiary/aromatic N) is 4. The standard InChI is InChI=1S/C24H26N5O3PS/c1-16-7-6-8-17(2)20(16)13-14-29-15-25-21-22(27-24(28-23(21)29)34(5,31)32)26-18-9-11-19(12-10-18)33(3,4)30/h6-15H,1-5H3,(H,26,27,28). The number of hydrogen-bond donors (Lipinski definition) is 1. The van der Waals surface area contributed by atoms with E-state index in [1.54, 1.807) is 48.5 Å². The Balaban J connectivity index is 1.79. The first-order valence-corrected chi connectivity index (χ1v) is 15.0. The zero-order valence-electron chi connectivity index (χ0n) is 19.6. The van der Waals surface area contributed by atoms with E-state index in [2.05, 4.69) is 20.3 Å². The van der Waals surface area contributed by atoms with E-state index < -0.39 is 17.0 Å². The van der Waals surface area contributed by atoms with Crippen molar-refractivity contribution in [2.75, 3.05) is 24.9 Å². The van der Waals surface area contributed by atoms with E-state index in [-0.39, 0.29) is 11.0 Å². The van der Waals surface area contributed by atoms with Crippen molar-refractivity contribution in [3.05, 3.63) is 65.5 Å². The molecule has 8 nitrogen and oxygen atoms in total. The third-order valence-corrected chi connectivity index (χ3v) is 7.82. The highest BCUT2D eigenvalue weighted by molar-refractivity contribution is 7.90. The van der Waals surface area contributed by atoms with Crippen LogP contribution in [0.15, 0.2) is 53.9 Å². The van der Waals surface area contributed by atoms with Gasteiger partial charge in [0.25, 0.3) is 5.16 Å². The molecule has 0 fully saturated rings. The second-order valence-electron chi connectivity index (χ2n) is 8.59. The molecule has 10 heteroatoms. The monoisotopic (exact) mass is 495 g/mol. The van der Waals surface area contributed by atoms with E-state index in [4.69, 9.17) is 0 Å². The van der Waals surface area contributed by atoms with Gasteiger partial charge < -0.3 is 9.88 Å². The summed E-state index contributed by atoms with van der Waals surface area (Å²) >= 11 is 0. The highest BCUT2D eigenvalue weighted by Gasteiger charge is 2.19. The Bertz CT molecular complexity index is 1550. The van der Waals surface area contributed by atoms with E-state index in [1.165, 1.54) is 0 Å². The number of fused-ring (bicyclic) bond motifs is 1. The molecule has 0 bridgehead atoms. The minimum absolute atomic E-state index is 0.272. The summed E-state index contributed by atoms with van der Waals surface area (Å²) in [5.41, 5.74) is 4.78. The predicted molar refractivity (Wildman–Crippen MR) is 138 cm³/mol. The molecule has 0 aliphatic rings. The Labute approximate surface area is 199 Å². The second-order valence-corrected chi connectivity index (χ2v) is 13.7. The fourth-order valence-electron chi connectivity index (χ4n) is 3.54. The minimum Gasteiger partial charge on any atom is -0.338 e. The van der Waals surface area contributed by atoms with Gasteiger partial charge in [-0.05, 0) is 74.2 Å². The van der Waals surface area contributed by atoms with E-state index >= 15 is 0 Å². The maximum atomic E-state index is 12.3. The summed E-state index contributed by atoms with van der Waals surface area (Å²) in [6.07, 6.45) is 6.41. The van der Waals surface area contributed by atoms with E-state index in [9.17, 15) is 13.0 Å². The van der Waals surface area contributed by atoms with Crippen LogP contribution in [-0.4, -0.2) is 47.5 Å². The van der Waals surface area contributed by atoms with Crippen molar-refractivity contribution in [1.29, 1.82) is 0 Å². The minimum atomic E-state index is -3.67. The van der Waals surface area contributed by atoms with Gasteiger partial charge in [0.2, 0.25) is 9.84 Å². The lowest BCUT2D eigenvalue weighted by atomic mass is 10.0. The van der Waals surface area contributed by atoms with Crippen molar-refractivity contribution < 1.29 is 13.0 Å². The molecule has 0 saturated carbocycles. The largest absolute Gasteiger partial charge is 0.338 e. The third-order valence-electron chi connectivity index (χ3n) is 5.43. The number of hydrogen-bond acceptors (Lipinski definition) is 7. The molecule has 0 saturated heterocycles. The van der Waals surface area contributed by atoms with E-state index in [0.29, 0.717) is 16.9 Å². The van der Waals surface area contributed by atoms with Gasteiger partial charge in [-0.15, -0.1) is 0 Å². The normalized spacial score (nSPS) is 12.5. The average molecular weight is 496 g/mol. The molecule has 4 aromatic rings. The predicted octanol–water partition coefficient (Wildman–Crippen LogP) is 4.47. The average Bonchev–Trinajstić information content (AvgIpc) is 3.16. The maximum absolute atomic E-state index is 12.3. The number of imidazole rings is 1. The zero-order chi connectivity index (χ0) is 24.7. The number of nitrogens with one attached hydrogen (secondary N) is 1. The van der Waals surface area contributed by atoms with Gasteiger partial charge in [-0.1, -0.05) is 18.2 Å². The second kappa shape index (κ2) is 8.81. The van der Waals surface area contributed by atoms with E-state index in [1.807, 2.05) is 44.3 Å². The van der Waals surface area contributed by atoms with Crippen LogP contribution in [-0.2, 0) is 14.4 Å². The van der Waals surface area contributed by atoms with Crippen LogP contribution in [0.2, 0.25) is 0 Å². The summed E-state index contributed by atoms with van der Waals surface area (Å²) in [6, 6.07) is 13.2. The molecule has 2 aromatic carbocycles. The quantitative estimate of drug-likeness (QED) is 0.311. The molecule has 176 valence electrons. The number of sulfone groups is 1. The fourth-order valence-corrected chi connectivity index (χ4v) is 4.92. The summed E-state index contributed by atoms with van der Waals surface area (Å²) < 4.78 is 38.6. The number of aromatic nitrogens is 4. The van der Waals surface area contributed by atoms with Crippen LogP contribution in [0.4, 0.5) is 11.5 Å². The van der Waals surface area contributed by atoms with Crippen molar-refractivity contribution in [1.82, 2.24) is 19.5 Å². The molecule has 0 atom stereocenters. The number of anilines is 2. The summed E-state index contributed by atoms with van der Waals surface area (Å²) in [5, 5.41) is 3.59. The molecule has 34 heavy (non-hydrogen) atoms. The lowest BCUT2D eigenvalue weighted by molar-refractivity contribution is 0.588. The maximum Gasteiger partial charge on any atom is 0.250 e. The molecule has 0 amide bonds. The first-order chi connectivity index (χ1) is 15.9. The third kappa shape index (κ3) is 4.95. The summed E-state index contributed by atoms with van der Waals surface area (Å²) in [7, 11) is -6.06. The van der Waals surface area contributed by atoms with Crippen molar-refractivity contribution in [2.45, 2.75) is 19.0 Å². The summed E-state index contributed by atoms with van der Waals surface area (Å²) in [5.74, 6) is 0.272. The van der Waals surface area contributed by atoms with Gasteiger partial charge in [-0.25, -0.2) is 13.4 Å². The highest BCUT2D eigenvalue weighted by atomic mass is 32.2. The van der Waals surface area contributed by atoms with Crippen LogP contribution in [0.5, 0.6) is 0 Å². The van der Waals surface area contributed by atoms with Crippen LogP contribution in [0.1, 0.15) is 16.7 Å². The van der Waals surface area contributed by atoms with Gasteiger partial charge in [0, 0.05) is 23.4 Å². The van der Waals surface area contributed by atoms with Crippen LogP contribution < -0.4 is 10.6 Å². The molecule has 2 aromatic heterocycles. The number of rotatable bonds is 6. The van der Waals surface area contributed by atoms with Crippen molar-refractivity contribution in [2.24, 2.45) is 0 Å². The van der Waals surface area contributed by atoms with Gasteiger partial charge >= 0.3 is 0 Å². The van der Waals surface area contributed by atoms with Gasteiger partial charge in [-0.2, -0.15) is 9.97 Å². The van der Waals surface area contributed by atoms with Crippen molar-refractivity contribution >= 4 is 57.2 Å². The van der Waals surface area contributed by atoms with Crippen LogP contribution in [0.25, 0.3) is 23.4 Å². The summed E-state index contributed by atoms with van der Waals surface area (Å²) in [6.45, 7) is 7.48. The SMILES string of the molecule is Cc1cccc(C)c1C=Cn1cnc2c(Nc3ccc(P(C)(C)=O)cc3)nc(S(C)(=O)=O)nc21. The molecular formula is C24H26N5O3PS. The fraction of sp³-hybridized carbons (Fsp3) is 0.208.